The van der Waals surface area contributed by atoms with Gasteiger partial charge in [0.2, 0.25) is 5.16 Å². The molecule has 0 atom stereocenters. The van der Waals surface area contributed by atoms with Gasteiger partial charge in [-0.3, -0.25) is 0 Å². The zero-order chi connectivity index (χ0) is 14.9. The number of rotatable bonds is 9. The van der Waals surface area contributed by atoms with E-state index in [0.29, 0.717) is 6.61 Å². The van der Waals surface area contributed by atoms with Crippen LogP contribution in [0, 0.1) is 0 Å². The van der Waals surface area contributed by atoms with Crippen LogP contribution in [0.5, 0.6) is 11.5 Å². The minimum Gasteiger partial charge on any atom is -0.497 e. The maximum absolute atomic E-state index is 5.66. The Labute approximate surface area is 128 Å². The number of ether oxygens (including phenoxy) is 2. The van der Waals surface area contributed by atoms with Gasteiger partial charge in [-0.2, -0.15) is 0 Å². The SMILES string of the molecule is CNCCn1nnnc1SCCOc1ccc(OC)cc1. The molecule has 1 aromatic carbocycles. The summed E-state index contributed by atoms with van der Waals surface area (Å²) in [5.41, 5.74) is 0. The Bertz CT molecular complexity index is 532. The highest BCUT2D eigenvalue weighted by Gasteiger charge is 2.06. The van der Waals surface area contributed by atoms with Gasteiger partial charge >= 0.3 is 0 Å². The molecule has 8 heteroatoms. The number of nitrogens with one attached hydrogen (secondary N) is 1. The van der Waals surface area contributed by atoms with Crippen LogP contribution in [0.1, 0.15) is 0 Å². The highest BCUT2D eigenvalue weighted by molar-refractivity contribution is 7.99. The van der Waals surface area contributed by atoms with Crippen molar-refractivity contribution in [1.29, 1.82) is 0 Å². The quantitative estimate of drug-likeness (QED) is 0.548. The molecular formula is C13H19N5O2S. The maximum atomic E-state index is 5.66. The van der Waals surface area contributed by atoms with Gasteiger partial charge in [-0.25, -0.2) is 4.68 Å². The summed E-state index contributed by atoms with van der Waals surface area (Å²) in [6.45, 7) is 2.18. The summed E-state index contributed by atoms with van der Waals surface area (Å²) >= 11 is 1.58. The molecule has 0 aliphatic rings. The van der Waals surface area contributed by atoms with Crippen molar-refractivity contribution in [1.82, 2.24) is 25.5 Å². The lowest BCUT2D eigenvalue weighted by Crippen LogP contribution is -2.16. The number of aromatic nitrogens is 4. The Hall–Kier alpha value is -1.80. The summed E-state index contributed by atoms with van der Waals surface area (Å²) in [6.07, 6.45) is 0. The van der Waals surface area contributed by atoms with E-state index in [0.717, 1.165) is 35.5 Å². The first kappa shape index (κ1) is 15.6. The molecule has 0 aliphatic carbocycles. The molecule has 0 amide bonds. The monoisotopic (exact) mass is 309 g/mol. The topological polar surface area (TPSA) is 74.1 Å². The number of thioether (sulfide) groups is 1. The molecule has 0 unspecified atom stereocenters. The maximum Gasteiger partial charge on any atom is 0.209 e. The van der Waals surface area contributed by atoms with Crippen LogP contribution in [0.25, 0.3) is 0 Å². The van der Waals surface area contributed by atoms with Crippen LogP contribution >= 0.6 is 11.8 Å². The Balaban J connectivity index is 1.72. The van der Waals surface area contributed by atoms with E-state index in [2.05, 4.69) is 20.8 Å². The summed E-state index contributed by atoms with van der Waals surface area (Å²) in [6, 6.07) is 7.53. The molecule has 0 saturated carbocycles. The van der Waals surface area contributed by atoms with Crippen LogP contribution in [0.3, 0.4) is 0 Å². The van der Waals surface area contributed by atoms with E-state index in [4.69, 9.17) is 9.47 Å². The second-order valence-corrected chi connectivity index (χ2v) is 5.22. The smallest absolute Gasteiger partial charge is 0.209 e. The molecule has 0 bridgehead atoms. The number of hydrogen-bond donors (Lipinski definition) is 1. The second-order valence-electron chi connectivity index (χ2n) is 4.16. The van der Waals surface area contributed by atoms with E-state index in [-0.39, 0.29) is 0 Å². The fourth-order valence-corrected chi connectivity index (χ4v) is 2.34. The zero-order valence-electron chi connectivity index (χ0n) is 12.2. The van der Waals surface area contributed by atoms with Crippen molar-refractivity contribution >= 4 is 11.8 Å². The van der Waals surface area contributed by atoms with Crippen LogP contribution < -0.4 is 14.8 Å². The summed E-state index contributed by atoms with van der Waals surface area (Å²) < 4.78 is 12.5. The van der Waals surface area contributed by atoms with Gasteiger partial charge in [0.05, 0.1) is 20.3 Å². The van der Waals surface area contributed by atoms with Crippen molar-refractivity contribution in [2.75, 3.05) is 33.1 Å². The third-order valence-electron chi connectivity index (χ3n) is 2.72. The predicted molar refractivity (Wildman–Crippen MR) is 81.0 cm³/mol. The summed E-state index contributed by atoms with van der Waals surface area (Å²) in [5, 5.41) is 15.5. The summed E-state index contributed by atoms with van der Waals surface area (Å²) in [7, 11) is 3.55. The highest BCUT2D eigenvalue weighted by atomic mass is 32.2. The third-order valence-corrected chi connectivity index (χ3v) is 3.64. The number of tetrazole rings is 1. The molecular weight excluding hydrogens is 290 g/mol. The first-order chi connectivity index (χ1) is 10.3. The number of likely N-dealkylation sites (N-methyl/N-ethyl adjacent to an activating group) is 1. The number of hydrogen-bond acceptors (Lipinski definition) is 7. The van der Waals surface area contributed by atoms with E-state index in [9.17, 15) is 0 Å². The van der Waals surface area contributed by atoms with Gasteiger partial charge in [-0.15, -0.1) is 5.10 Å². The molecule has 114 valence electrons. The van der Waals surface area contributed by atoms with Crippen molar-refractivity contribution in [3.05, 3.63) is 24.3 Å². The van der Waals surface area contributed by atoms with Gasteiger partial charge in [-0.1, -0.05) is 11.8 Å². The summed E-state index contributed by atoms with van der Waals surface area (Å²) in [5.74, 6) is 2.43. The van der Waals surface area contributed by atoms with Crippen molar-refractivity contribution in [2.45, 2.75) is 11.7 Å². The highest BCUT2D eigenvalue weighted by Crippen LogP contribution is 2.18. The van der Waals surface area contributed by atoms with Gasteiger partial charge < -0.3 is 14.8 Å². The van der Waals surface area contributed by atoms with Gasteiger partial charge in [0, 0.05) is 12.3 Å². The lowest BCUT2D eigenvalue weighted by molar-refractivity contribution is 0.342. The summed E-state index contributed by atoms with van der Waals surface area (Å²) in [4.78, 5) is 0. The van der Waals surface area contributed by atoms with Crippen LogP contribution in [0.2, 0.25) is 0 Å². The average molecular weight is 309 g/mol. The molecule has 1 N–H and O–H groups in total. The minimum atomic E-state index is 0.593. The molecule has 1 aromatic heterocycles. The number of nitrogens with zero attached hydrogens (tertiary/aromatic N) is 4. The molecule has 0 saturated heterocycles. The predicted octanol–water partition coefficient (Wildman–Crippen LogP) is 1.07. The Morgan fingerprint density at radius 2 is 2.00 bits per heavy atom. The lowest BCUT2D eigenvalue weighted by atomic mass is 10.3. The van der Waals surface area contributed by atoms with Crippen LogP contribution in [0.4, 0.5) is 0 Å². The average Bonchev–Trinajstić information content (AvgIpc) is 2.97. The molecule has 0 spiro atoms. The largest absolute Gasteiger partial charge is 0.497 e. The Morgan fingerprint density at radius 1 is 1.24 bits per heavy atom. The van der Waals surface area contributed by atoms with Gasteiger partial charge in [0.1, 0.15) is 11.5 Å². The Morgan fingerprint density at radius 3 is 2.71 bits per heavy atom. The van der Waals surface area contributed by atoms with Crippen molar-refractivity contribution in [2.24, 2.45) is 0 Å². The van der Waals surface area contributed by atoms with Gasteiger partial charge in [0.15, 0.2) is 0 Å². The van der Waals surface area contributed by atoms with Crippen LogP contribution in [-0.2, 0) is 6.54 Å². The second kappa shape index (κ2) is 8.48. The van der Waals surface area contributed by atoms with E-state index in [1.54, 1.807) is 23.6 Å². The fraction of sp³-hybridized carbons (Fsp3) is 0.462. The van der Waals surface area contributed by atoms with E-state index in [1.165, 1.54) is 0 Å². The molecule has 2 rings (SSSR count). The zero-order valence-corrected chi connectivity index (χ0v) is 13.0. The molecule has 0 aliphatic heterocycles. The van der Waals surface area contributed by atoms with E-state index >= 15 is 0 Å². The first-order valence-corrected chi connectivity index (χ1v) is 7.62. The van der Waals surface area contributed by atoms with Crippen molar-refractivity contribution < 1.29 is 9.47 Å². The van der Waals surface area contributed by atoms with Gasteiger partial charge in [-0.05, 0) is 41.7 Å². The molecule has 21 heavy (non-hydrogen) atoms. The number of methoxy groups -OCH3 is 1. The standard InChI is InChI=1S/C13H19N5O2S/c1-14-7-8-18-13(15-16-17-18)21-10-9-20-12-5-3-11(19-2)4-6-12/h3-6,14H,7-10H2,1-2H3. The van der Waals surface area contributed by atoms with Crippen LogP contribution in [-0.4, -0.2) is 53.3 Å². The lowest BCUT2D eigenvalue weighted by Gasteiger charge is -2.07. The van der Waals surface area contributed by atoms with Crippen molar-refractivity contribution in [3.63, 3.8) is 0 Å². The molecule has 2 aromatic rings. The van der Waals surface area contributed by atoms with E-state index in [1.807, 2.05) is 31.3 Å². The van der Waals surface area contributed by atoms with Crippen molar-refractivity contribution in [3.8, 4) is 11.5 Å². The molecule has 1 heterocycles. The first-order valence-electron chi connectivity index (χ1n) is 6.64. The molecule has 0 fully saturated rings. The van der Waals surface area contributed by atoms with Crippen LogP contribution in [0.15, 0.2) is 29.4 Å². The minimum absolute atomic E-state index is 0.593. The molecule has 0 radical (unpaired) electrons. The normalized spacial score (nSPS) is 10.6. The van der Waals surface area contributed by atoms with Gasteiger partial charge in [0.25, 0.3) is 0 Å². The fourth-order valence-electron chi connectivity index (χ4n) is 1.62. The number of benzene rings is 1. The van der Waals surface area contributed by atoms with E-state index < -0.39 is 0 Å². The third kappa shape index (κ3) is 4.91. The molecule has 7 nitrogen and oxygen atoms in total. The Kier molecular flexibility index (Phi) is 6.29.